The Bertz CT molecular complexity index is 827. The Labute approximate surface area is 198 Å². The second kappa shape index (κ2) is 7.86. The lowest BCUT2D eigenvalue weighted by Gasteiger charge is -2.60. The van der Waals surface area contributed by atoms with E-state index in [0.29, 0.717) is 23.2 Å². The number of rotatable bonds is 5. The molecule has 180 valence electrons. The van der Waals surface area contributed by atoms with Gasteiger partial charge in [-0.15, -0.1) is 0 Å². The van der Waals surface area contributed by atoms with Gasteiger partial charge in [-0.1, -0.05) is 86.1 Å². The van der Waals surface area contributed by atoms with Gasteiger partial charge in [0.2, 0.25) is 0 Å². The Kier molecular flexibility index (Phi) is 5.97. The Morgan fingerprint density at radius 1 is 1.06 bits per heavy atom. The molecule has 0 amide bonds. The fourth-order valence-electron chi connectivity index (χ4n) is 8.94. The van der Waals surface area contributed by atoms with Crippen molar-refractivity contribution in [3.8, 4) is 0 Å². The van der Waals surface area contributed by atoms with Crippen molar-refractivity contribution in [1.82, 2.24) is 0 Å². The third-order valence-corrected chi connectivity index (χ3v) is 11.6. The van der Waals surface area contributed by atoms with Crippen molar-refractivity contribution in [2.75, 3.05) is 0 Å². The van der Waals surface area contributed by atoms with Gasteiger partial charge in [0.15, 0.2) is 0 Å². The first-order chi connectivity index (χ1) is 14.8. The minimum absolute atomic E-state index is 0.124. The van der Waals surface area contributed by atoms with Crippen molar-refractivity contribution in [2.45, 2.75) is 113 Å². The molecule has 0 aliphatic heterocycles. The highest BCUT2D eigenvalue weighted by Crippen LogP contribution is 2.71. The molecule has 32 heavy (non-hydrogen) atoms. The van der Waals surface area contributed by atoms with Gasteiger partial charge in [-0.3, -0.25) is 0 Å². The van der Waals surface area contributed by atoms with E-state index in [0.717, 1.165) is 25.2 Å². The molecule has 4 aliphatic rings. The number of allylic oxidation sites excluding steroid dienone is 4. The van der Waals surface area contributed by atoms with Crippen LogP contribution in [0.15, 0.2) is 35.5 Å². The van der Waals surface area contributed by atoms with Crippen LogP contribution >= 0.6 is 0 Å². The lowest BCUT2D eigenvalue weighted by atomic mass is 9.44. The van der Waals surface area contributed by atoms with Crippen LogP contribution in [0.3, 0.4) is 0 Å². The van der Waals surface area contributed by atoms with Crippen LogP contribution in [0, 0.1) is 45.3 Å². The Hall–Kier alpha value is -0.820. The summed E-state index contributed by atoms with van der Waals surface area (Å²) in [6.45, 7) is 23.8. The summed E-state index contributed by atoms with van der Waals surface area (Å²) in [7, 11) is 0. The topological polar surface area (TPSA) is 20.2 Å². The van der Waals surface area contributed by atoms with Gasteiger partial charge in [-0.2, -0.15) is 0 Å². The van der Waals surface area contributed by atoms with Gasteiger partial charge in [0.05, 0.1) is 6.10 Å². The van der Waals surface area contributed by atoms with Gasteiger partial charge < -0.3 is 5.11 Å². The summed E-state index contributed by atoms with van der Waals surface area (Å²) < 4.78 is 0. The molecule has 2 fully saturated rings. The van der Waals surface area contributed by atoms with Gasteiger partial charge in [0, 0.05) is 5.41 Å². The molecule has 0 aromatic heterocycles. The maximum atomic E-state index is 11.7. The van der Waals surface area contributed by atoms with Crippen LogP contribution in [0.2, 0.25) is 0 Å². The quantitative estimate of drug-likeness (QED) is 0.426. The van der Waals surface area contributed by atoms with Crippen LogP contribution in [-0.2, 0) is 0 Å². The van der Waals surface area contributed by atoms with E-state index in [9.17, 15) is 5.11 Å². The second-order valence-electron chi connectivity index (χ2n) is 13.8. The number of aliphatic hydroxyl groups excluding tert-OH is 1. The summed E-state index contributed by atoms with van der Waals surface area (Å²) in [5.41, 5.74) is 5.20. The minimum atomic E-state index is -0.236. The molecule has 7 atom stereocenters. The van der Waals surface area contributed by atoms with Crippen molar-refractivity contribution in [1.29, 1.82) is 0 Å². The molecule has 0 unspecified atom stereocenters. The average molecular weight is 439 g/mol. The molecule has 4 aliphatic carbocycles. The largest absolute Gasteiger partial charge is 0.392 e. The van der Waals surface area contributed by atoms with Gasteiger partial charge >= 0.3 is 0 Å². The van der Waals surface area contributed by atoms with Crippen LogP contribution in [0.25, 0.3) is 0 Å². The molecule has 0 saturated heterocycles. The van der Waals surface area contributed by atoms with Crippen molar-refractivity contribution < 1.29 is 5.11 Å². The summed E-state index contributed by atoms with van der Waals surface area (Å²) in [5.74, 6) is 2.47. The van der Waals surface area contributed by atoms with Crippen LogP contribution in [-0.4, -0.2) is 11.2 Å². The van der Waals surface area contributed by atoms with Gasteiger partial charge in [0.25, 0.3) is 0 Å². The van der Waals surface area contributed by atoms with Crippen molar-refractivity contribution in [2.24, 2.45) is 45.3 Å². The summed E-state index contributed by atoms with van der Waals surface area (Å²) >= 11 is 0. The fourth-order valence-corrected chi connectivity index (χ4v) is 8.94. The van der Waals surface area contributed by atoms with E-state index in [-0.39, 0.29) is 22.3 Å². The van der Waals surface area contributed by atoms with Gasteiger partial charge in [-0.25, -0.2) is 0 Å². The number of hydrogen-bond acceptors (Lipinski definition) is 1. The van der Waals surface area contributed by atoms with E-state index in [4.69, 9.17) is 0 Å². The smallest absolute Gasteiger partial charge is 0.0642 e. The van der Waals surface area contributed by atoms with Crippen LogP contribution in [0.5, 0.6) is 0 Å². The molecular weight excluding hydrogens is 388 g/mol. The van der Waals surface area contributed by atoms with Crippen molar-refractivity contribution in [3.63, 3.8) is 0 Å². The number of aliphatic hydroxyl groups is 1. The van der Waals surface area contributed by atoms with Crippen LogP contribution < -0.4 is 0 Å². The Morgan fingerprint density at radius 3 is 2.41 bits per heavy atom. The molecule has 0 aromatic carbocycles. The molecule has 4 rings (SSSR count). The zero-order valence-corrected chi connectivity index (χ0v) is 22.4. The predicted molar refractivity (Wildman–Crippen MR) is 137 cm³/mol. The SMILES string of the molecule is C=C(CC[C@H](C)[C@H]1C[C@H](O)[C@@]2(C)C3=CC[C@H]4C(C)(C)CCC[C@]4(C)C3=CC[C@]12C)C(C)C. The predicted octanol–water partition coefficient (Wildman–Crippen LogP) is 8.50. The van der Waals surface area contributed by atoms with E-state index in [1.54, 1.807) is 5.57 Å². The van der Waals surface area contributed by atoms with Crippen LogP contribution in [0.1, 0.15) is 107 Å². The maximum Gasteiger partial charge on any atom is 0.0642 e. The molecule has 2 saturated carbocycles. The molecule has 1 nitrogen and oxygen atoms in total. The first kappa shape index (κ1) is 24.3. The second-order valence-corrected chi connectivity index (χ2v) is 13.8. The first-order valence-electron chi connectivity index (χ1n) is 13.6. The molecule has 1 N–H and O–H groups in total. The average Bonchev–Trinajstić information content (AvgIpc) is 2.92. The van der Waals surface area contributed by atoms with Gasteiger partial charge in [0.1, 0.15) is 0 Å². The monoisotopic (exact) mass is 438 g/mol. The molecule has 0 aromatic rings. The minimum Gasteiger partial charge on any atom is -0.392 e. The molecule has 0 bridgehead atoms. The molecule has 0 radical (unpaired) electrons. The lowest BCUT2D eigenvalue weighted by Crippen LogP contribution is -2.52. The fraction of sp³-hybridized carbons (Fsp3) is 0.806. The normalized spacial score (nSPS) is 43.6. The summed E-state index contributed by atoms with van der Waals surface area (Å²) in [5, 5.41) is 11.7. The number of hydrogen-bond donors (Lipinski definition) is 1. The van der Waals surface area contributed by atoms with Crippen LogP contribution in [0.4, 0.5) is 0 Å². The molecule has 0 spiro atoms. The van der Waals surface area contributed by atoms with Gasteiger partial charge in [-0.05, 0) is 96.0 Å². The van der Waals surface area contributed by atoms with E-state index >= 15 is 0 Å². The standard InChI is InChI=1S/C31H50O/c1-20(2)21(3)11-12-22(4)25-19-27(32)31(9)24-13-14-26-28(5,6)16-10-17-29(26,7)23(24)15-18-30(25,31)8/h13,15,20,22,25-27,32H,3,10-12,14,16-19H2,1-2,4-9H3/t22-,25+,26-,27-,29+,30+,31+/m0/s1. The third kappa shape index (κ3) is 3.27. The highest BCUT2D eigenvalue weighted by atomic mass is 16.3. The number of fused-ring (bicyclic) bond motifs is 5. The van der Waals surface area contributed by atoms with E-state index in [2.05, 4.69) is 74.1 Å². The van der Waals surface area contributed by atoms with E-state index in [1.165, 1.54) is 43.3 Å². The zero-order valence-electron chi connectivity index (χ0n) is 22.4. The zero-order chi connectivity index (χ0) is 23.7. The maximum absolute atomic E-state index is 11.7. The van der Waals surface area contributed by atoms with Crippen molar-refractivity contribution >= 4 is 0 Å². The molecular formula is C31H50O. The van der Waals surface area contributed by atoms with E-state index < -0.39 is 0 Å². The summed E-state index contributed by atoms with van der Waals surface area (Å²) in [6, 6.07) is 0. The molecule has 0 heterocycles. The highest BCUT2D eigenvalue weighted by molar-refractivity contribution is 5.50. The highest BCUT2D eigenvalue weighted by Gasteiger charge is 2.65. The summed E-state index contributed by atoms with van der Waals surface area (Å²) in [6.07, 6.45) is 14.6. The lowest BCUT2D eigenvalue weighted by molar-refractivity contribution is -0.0166. The third-order valence-electron chi connectivity index (χ3n) is 11.6. The van der Waals surface area contributed by atoms with Crippen molar-refractivity contribution in [3.05, 3.63) is 35.5 Å². The first-order valence-corrected chi connectivity index (χ1v) is 13.6. The molecule has 1 heteroatoms. The Balaban J connectivity index is 1.67. The van der Waals surface area contributed by atoms with E-state index in [1.807, 2.05) is 0 Å². The Morgan fingerprint density at radius 2 is 1.75 bits per heavy atom. The summed E-state index contributed by atoms with van der Waals surface area (Å²) in [4.78, 5) is 0.